The molecular weight excluding hydrogens is 369 g/mol. The molecule has 0 spiro atoms. The number of carboxylic acids is 1. The van der Waals surface area contributed by atoms with Crippen LogP contribution in [0, 0.1) is 15.9 Å². The summed E-state index contributed by atoms with van der Waals surface area (Å²) in [4.78, 5) is 23.7. The Balaban J connectivity index is 3.07. The van der Waals surface area contributed by atoms with Crippen molar-refractivity contribution in [1.82, 2.24) is 5.32 Å². The maximum atomic E-state index is 12.4. The number of carboxylic acid groups (broad SMARTS) is 1. The van der Waals surface area contributed by atoms with Gasteiger partial charge in [-0.05, 0) is 68.8 Å². The van der Waals surface area contributed by atoms with Crippen molar-refractivity contribution in [2.24, 2.45) is 5.41 Å². The minimum atomic E-state index is -1.07. The van der Waals surface area contributed by atoms with E-state index in [0.29, 0.717) is 5.56 Å². The van der Waals surface area contributed by atoms with Crippen LogP contribution in [0.5, 0.6) is 0 Å². The van der Waals surface area contributed by atoms with Crippen molar-refractivity contribution < 1.29 is 14.7 Å². The number of aliphatic carboxylic acids is 1. The number of rotatable bonds is 4. The second-order valence-corrected chi connectivity index (χ2v) is 7.02. The van der Waals surface area contributed by atoms with Crippen LogP contribution in [0.15, 0.2) is 18.2 Å². The lowest BCUT2D eigenvalue weighted by molar-refractivity contribution is -0.150. The molecule has 0 fully saturated rings. The summed E-state index contributed by atoms with van der Waals surface area (Å²) in [5.74, 6) is -1.20. The highest BCUT2D eigenvalue weighted by Gasteiger charge is 2.44. The minimum Gasteiger partial charge on any atom is -0.481 e. The Morgan fingerprint density at radius 1 is 1.20 bits per heavy atom. The van der Waals surface area contributed by atoms with Crippen molar-refractivity contribution in [3.05, 3.63) is 32.9 Å². The first-order valence-electron chi connectivity index (χ1n) is 6.31. The van der Waals surface area contributed by atoms with E-state index in [1.165, 1.54) is 0 Å². The van der Waals surface area contributed by atoms with Crippen molar-refractivity contribution in [3.8, 4) is 0 Å². The monoisotopic (exact) mass is 389 g/mol. The van der Waals surface area contributed by atoms with Gasteiger partial charge in [-0.15, -0.1) is 0 Å². The highest BCUT2D eigenvalue weighted by atomic mass is 127. The van der Waals surface area contributed by atoms with Crippen LogP contribution < -0.4 is 5.32 Å². The van der Waals surface area contributed by atoms with Gasteiger partial charge in [-0.2, -0.15) is 0 Å². The van der Waals surface area contributed by atoms with E-state index in [1.54, 1.807) is 33.8 Å². The van der Waals surface area contributed by atoms with E-state index in [9.17, 15) is 14.7 Å². The molecule has 110 valence electrons. The van der Waals surface area contributed by atoms with E-state index in [1.807, 2.05) is 19.1 Å². The number of carbonyl (C=O) groups is 2. The van der Waals surface area contributed by atoms with Crippen LogP contribution in [0.3, 0.4) is 0 Å². The van der Waals surface area contributed by atoms with Gasteiger partial charge >= 0.3 is 5.97 Å². The van der Waals surface area contributed by atoms with Crippen molar-refractivity contribution in [3.63, 3.8) is 0 Å². The average Bonchev–Trinajstić information content (AvgIpc) is 2.31. The molecule has 1 amide bonds. The Bertz CT molecular complexity index is 550. The summed E-state index contributed by atoms with van der Waals surface area (Å²) < 4.78 is 0.881. The lowest BCUT2D eigenvalue weighted by atomic mass is 9.74. The number of hydrogen-bond donors (Lipinski definition) is 2. The molecule has 0 heterocycles. The number of carbonyl (C=O) groups excluding carboxylic acids is 1. The topological polar surface area (TPSA) is 66.4 Å². The summed E-state index contributed by atoms with van der Waals surface area (Å²) in [7, 11) is 0. The smallest absolute Gasteiger partial charge is 0.311 e. The molecule has 0 saturated heterocycles. The van der Waals surface area contributed by atoms with Gasteiger partial charge in [-0.25, -0.2) is 0 Å². The molecule has 1 aromatic carbocycles. The fraction of sp³-hybridized carbons (Fsp3) is 0.467. The van der Waals surface area contributed by atoms with E-state index in [2.05, 4.69) is 27.9 Å². The van der Waals surface area contributed by atoms with Crippen molar-refractivity contribution >= 4 is 34.5 Å². The SMILES string of the molecule is Cc1cccc(C(=O)NC(C)(C)C(C)(C)C(=O)O)c1I. The molecule has 20 heavy (non-hydrogen) atoms. The van der Waals surface area contributed by atoms with Gasteiger partial charge in [-0.1, -0.05) is 12.1 Å². The third kappa shape index (κ3) is 3.13. The van der Waals surface area contributed by atoms with Crippen LogP contribution in [0.2, 0.25) is 0 Å². The first-order chi connectivity index (χ1) is 9.00. The van der Waals surface area contributed by atoms with Gasteiger partial charge in [0.1, 0.15) is 0 Å². The highest BCUT2D eigenvalue weighted by Crippen LogP contribution is 2.31. The molecule has 0 aliphatic rings. The molecular formula is C15H20INO3. The Kier molecular flexibility index (Phi) is 4.84. The zero-order chi connectivity index (χ0) is 15.7. The van der Waals surface area contributed by atoms with Crippen LogP contribution in [0.4, 0.5) is 0 Å². The largest absolute Gasteiger partial charge is 0.481 e. The van der Waals surface area contributed by atoms with Crippen LogP contribution in [0.1, 0.15) is 43.6 Å². The van der Waals surface area contributed by atoms with E-state index in [0.717, 1.165) is 9.13 Å². The molecule has 1 aromatic rings. The maximum absolute atomic E-state index is 12.4. The second kappa shape index (κ2) is 5.71. The van der Waals surface area contributed by atoms with Gasteiger partial charge in [0.05, 0.1) is 16.5 Å². The molecule has 0 bridgehead atoms. The number of nitrogens with one attached hydrogen (secondary N) is 1. The van der Waals surface area contributed by atoms with Gasteiger partial charge in [-0.3, -0.25) is 9.59 Å². The Labute approximate surface area is 133 Å². The molecule has 4 nitrogen and oxygen atoms in total. The first-order valence-corrected chi connectivity index (χ1v) is 7.39. The molecule has 0 aliphatic carbocycles. The minimum absolute atomic E-state index is 0.252. The van der Waals surface area contributed by atoms with Crippen LogP contribution in [-0.2, 0) is 4.79 Å². The van der Waals surface area contributed by atoms with Crippen molar-refractivity contribution in [2.45, 2.75) is 40.2 Å². The summed E-state index contributed by atoms with van der Waals surface area (Å²) in [5, 5.41) is 12.1. The predicted octanol–water partition coefficient (Wildman–Crippen LogP) is 3.22. The molecule has 5 heteroatoms. The highest BCUT2D eigenvalue weighted by molar-refractivity contribution is 14.1. The molecule has 0 unspecified atom stereocenters. The summed E-state index contributed by atoms with van der Waals surface area (Å²) in [6.07, 6.45) is 0. The van der Waals surface area contributed by atoms with Gasteiger partial charge in [0.25, 0.3) is 5.91 Å². The zero-order valence-corrected chi connectivity index (χ0v) is 14.5. The normalized spacial score (nSPS) is 12.1. The van der Waals surface area contributed by atoms with Gasteiger partial charge in [0.2, 0.25) is 0 Å². The Morgan fingerprint density at radius 3 is 2.25 bits per heavy atom. The van der Waals surface area contributed by atoms with E-state index >= 15 is 0 Å². The maximum Gasteiger partial charge on any atom is 0.311 e. The van der Waals surface area contributed by atoms with Gasteiger partial charge in [0, 0.05) is 3.57 Å². The summed E-state index contributed by atoms with van der Waals surface area (Å²) in [5.41, 5.74) is -0.353. The third-order valence-corrected chi connectivity index (χ3v) is 5.39. The number of aryl methyl sites for hydroxylation is 1. The van der Waals surface area contributed by atoms with Gasteiger partial charge < -0.3 is 10.4 Å². The molecule has 0 saturated carbocycles. The molecule has 1 rings (SSSR count). The average molecular weight is 389 g/mol. The zero-order valence-electron chi connectivity index (χ0n) is 12.4. The second-order valence-electron chi connectivity index (χ2n) is 5.95. The predicted molar refractivity (Wildman–Crippen MR) is 86.9 cm³/mol. The van der Waals surface area contributed by atoms with Gasteiger partial charge in [0.15, 0.2) is 0 Å². The molecule has 0 aromatic heterocycles. The van der Waals surface area contributed by atoms with Crippen molar-refractivity contribution in [2.75, 3.05) is 0 Å². The number of hydrogen-bond acceptors (Lipinski definition) is 2. The van der Waals surface area contributed by atoms with E-state index in [-0.39, 0.29) is 5.91 Å². The van der Waals surface area contributed by atoms with Crippen LogP contribution in [0.25, 0.3) is 0 Å². The van der Waals surface area contributed by atoms with Crippen LogP contribution in [-0.4, -0.2) is 22.5 Å². The number of benzene rings is 1. The standard InChI is InChI=1S/C15H20INO3/c1-9-7-6-8-10(11(9)16)12(18)17-15(4,5)14(2,3)13(19)20/h6-8H,1-5H3,(H,17,18)(H,19,20). The van der Waals surface area contributed by atoms with E-state index < -0.39 is 16.9 Å². The summed E-state index contributed by atoms with van der Waals surface area (Å²) in [6.45, 7) is 8.60. The Hall–Kier alpha value is -1.11. The van der Waals surface area contributed by atoms with E-state index in [4.69, 9.17) is 0 Å². The Morgan fingerprint density at radius 2 is 1.75 bits per heavy atom. The lowest BCUT2D eigenvalue weighted by Crippen LogP contribution is -2.57. The molecule has 0 atom stereocenters. The summed E-state index contributed by atoms with van der Waals surface area (Å²) in [6, 6.07) is 5.50. The van der Waals surface area contributed by atoms with Crippen molar-refractivity contribution in [1.29, 1.82) is 0 Å². The first kappa shape index (κ1) is 16.9. The fourth-order valence-electron chi connectivity index (χ4n) is 1.60. The number of halogens is 1. The molecule has 2 N–H and O–H groups in total. The van der Waals surface area contributed by atoms with Crippen LogP contribution >= 0.6 is 22.6 Å². The quantitative estimate of drug-likeness (QED) is 0.778. The molecule has 0 radical (unpaired) electrons. The molecule has 0 aliphatic heterocycles. The summed E-state index contributed by atoms with van der Waals surface area (Å²) >= 11 is 2.13. The lowest BCUT2D eigenvalue weighted by Gasteiger charge is -2.38. The number of amides is 1. The fourth-order valence-corrected chi connectivity index (χ4v) is 2.20. The third-order valence-electron chi connectivity index (χ3n) is 3.96.